The minimum atomic E-state index is -2.43. The average molecular weight is 983 g/mol. The van der Waals surface area contributed by atoms with Crippen molar-refractivity contribution in [2.75, 3.05) is 13.2 Å². The third kappa shape index (κ3) is 7.28. The van der Waals surface area contributed by atoms with Crippen LogP contribution in [0.15, 0.2) is 159 Å². The zero-order valence-corrected chi connectivity index (χ0v) is 37.3. The molecule has 3 aromatic heterocycles. The molecular formula is C46H37N2OOsPS4+. The number of benzene rings is 3. The van der Waals surface area contributed by atoms with Gasteiger partial charge < -0.3 is 0 Å². The maximum absolute atomic E-state index is 5.91. The van der Waals surface area contributed by atoms with Gasteiger partial charge in [-0.3, -0.25) is 0 Å². The molecule has 0 radical (unpaired) electrons. The van der Waals surface area contributed by atoms with Crippen LogP contribution in [0.5, 0.6) is 0 Å². The Kier molecular flexibility index (Phi) is 11.5. The van der Waals surface area contributed by atoms with Crippen LogP contribution in [0, 0.1) is 18.2 Å². The molecule has 0 atom stereocenters. The summed E-state index contributed by atoms with van der Waals surface area (Å²) >= 11 is 8.54. The number of allylic oxidation sites excluding steroid dienone is 5. The first-order chi connectivity index (χ1) is 26.9. The molecule has 1 saturated heterocycles. The van der Waals surface area contributed by atoms with Crippen molar-refractivity contribution in [3.8, 4) is 23.9 Å². The molecule has 5 heterocycles. The molecule has 0 N–H and O–H groups in total. The van der Waals surface area contributed by atoms with Gasteiger partial charge in [0.25, 0.3) is 0 Å². The molecule has 6 aromatic rings. The van der Waals surface area contributed by atoms with Crippen molar-refractivity contribution in [1.82, 2.24) is 0 Å². The molecule has 2 aliphatic heterocycles. The van der Waals surface area contributed by atoms with Crippen molar-refractivity contribution < 1.29 is 22.7 Å². The first-order valence-electron chi connectivity index (χ1n) is 17.8. The summed E-state index contributed by atoms with van der Waals surface area (Å²) in [5.41, 5.74) is 7.77. The topological polar surface area (TPSA) is 34.0 Å². The molecule has 0 bridgehead atoms. The van der Waals surface area contributed by atoms with Gasteiger partial charge in [0.05, 0.1) is 0 Å². The van der Waals surface area contributed by atoms with Crippen LogP contribution in [-0.2, 0) is 34.0 Å². The zero-order valence-electron chi connectivity index (χ0n) is 30.6. The van der Waals surface area contributed by atoms with Crippen LogP contribution in [0.1, 0.15) is 27.8 Å². The predicted molar refractivity (Wildman–Crippen MR) is 240 cm³/mol. The van der Waals surface area contributed by atoms with Crippen molar-refractivity contribution in [2.24, 2.45) is 8.73 Å². The Morgan fingerprint density at radius 3 is 1.71 bits per heavy atom. The number of fused-ring (bicyclic) bond motifs is 1. The first-order valence-corrected chi connectivity index (χ1v) is 24.1. The van der Waals surface area contributed by atoms with Crippen LogP contribution in [-0.4, -0.2) is 13.2 Å². The molecule has 3 nitrogen and oxygen atoms in total. The Balaban J connectivity index is 1.30. The summed E-state index contributed by atoms with van der Waals surface area (Å²) in [4.78, 5) is 7.34. The number of hydrogen-bond acceptors (Lipinski definition) is 6. The van der Waals surface area contributed by atoms with E-state index >= 15 is 0 Å². The summed E-state index contributed by atoms with van der Waals surface area (Å²) in [5, 5.41) is 5.05. The van der Waals surface area contributed by atoms with E-state index in [-0.39, 0.29) is 0 Å². The van der Waals surface area contributed by atoms with Gasteiger partial charge in [0.15, 0.2) is 0 Å². The van der Waals surface area contributed by atoms with Gasteiger partial charge in [-0.25, -0.2) is 0 Å². The van der Waals surface area contributed by atoms with Gasteiger partial charge in [-0.2, -0.15) is 0 Å². The Labute approximate surface area is 349 Å². The molecule has 8 rings (SSSR count). The zero-order chi connectivity index (χ0) is 37.9. The van der Waals surface area contributed by atoms with Crippen LogP contribution in [0.2, 0.25) is 0 Å². The molecule has 273 valence electrons. The summed E-state index contributed by atoms with van der Waals surface area (Å²) in [6.45, 7) is 11.9. The van der Waals surface area contributed by atoms with E-state index in [4.69, 9.17) is 13.5 Å². The van der Waals surface area contributed by atoms with Crippen molar-refractivity contribution in [3.05, 3.63) is 171 Å². The molecule has 2 aliphatic rings. The second-order valence-corrected chi connectivity index (χ2v) is 20.9. The van der Waals surface area contributed by atoms with Gasteiger partial charge in [-0.15, -0.1) is 11.3 Å². The van der Waals surface area contributed by atoms with Gasteiger partial charge in [-0.05, 0) is 31.6 Å². The van der Waals surface area contributed by atoms with Crippen LogP contribution in [0.4, 0.5) is 11.4 Å². The summed E-state index contributed by atoms with van der Waals surface area (Å²) in [6, 6.07) is 37.6. The van der Waals surface area contributed by atoms with Crippen LogP contribution in [0.3, 0.4) is 0 Å². The number of thiophene rings is 3. The molecule has 3 aromatic carbocycles. The Morgan fingerprint density at radius 2 is 1.25 bits per heavy atom. The van der Waals surface area contributed by atoms with Crippen molar-refractivity contribution in [2.45, 2.75) is 20.8 Å². The van der Waals surface area contributed by atoms with Crippen molar-refractivity contribution in [1.29, 1.82) is 0 Å². The fraction of sp³-hybridized carbons (Fsp3) is 0.109. The van der Waals surface area contributed by atoms with Gasteiger partial charge >= 0.3 is 298 Å². The fourth-order valence-electron chi connectivity index (χ4n) is 6.98. The standard InChI is InChI=1S/C46H37N2OPS4.Os/c1-6-16-39-30(2)25-41(51-39)45-43-44(48-54-47-43)46(53-45)42-26-31(3)40(52-42)24-23-34(27-35-29-49-28-32(35)4)33(5)50(36-17-10-7-11-18-36,37-19-12-8-13-20-37)38-21-14-9-15-22-38;/h6-27H,4,28-29H2,1-3H3;/q+1;/b16-6+,24-23+,34-33?,35-27?;. The SMILES string of the molecule is C=C1COCC1=CC(/C=C/c1sc(-c2sc(-c3cc(C)c(/C=C/C)s3)c3c2N=S=N3)cc1C)=C([C]#[Os])[P+](c1ccccc1)(c1ccccc1)c1ccccc1. The fourth-order valence-corrected chi connectivity index (χ4v) is 17.1. The molecule has 0 aliphatic carbocycles. The Morgan fingerprint density at radius 1 is 0.745 bits per heavy atom. The number of aryl methyl sites for hydroxylation is 2. The summed E-state index contributed by atoms with van der Waals surface area (Å²) < 4.78 is 19.3. The summed E-state index contributed by atoms with van der Waals surface area (Å²) in [5.74, 6) is 0. The number of rotatable bonds is 10. The van der Waals surface area contributed by atoms with E-state index in [9.17, 15) is 0 Å². The molecule has 0 saturated carbocycles. The molecular weight excluding hydrogens is 946 g/mol. The van der Waals surface area contributed by atoms with E-state index in [0.29, 0.717) is 13.2 Å². The van der Waals surface area contributed by atoms with Gasteiger partial charge in [0.2, 0.25) is 0 Å². The van der Waals surface area contributed by atoms with Crippen LogP contribution < -0.4 is 15.9 Å². The third-order valence-electron chi connectivity index (χ3n) is 9.66. The molecule has 0 amide bonds. The van der Waals surface area contributed by atoms with Gasteiger partial charge in [0, 0.05) is 4.88 Å². The molecule has 0 spiro atoms. The van der Waals surface area contributed by atoms with Gasteiger partial charge in [0.1, 0.15) is 0 Å². The van der Waals surface area contributed by atoms with Crippen LogP contribution >= 0.6 is 41.3 Å². The first kappa shape index (κ1) is 38.0. The molecule has 1 fully saturated rings. The molecule has 55 heavy (non-hydrogen) atoms. The number of hydrogen-bond donors (Lipinski definition) is 0. The molecule has 0 unspecified atom stereocenters. The van der Waals surface area contributed by atoms with E-state index in [1.165, 1.54) is 73.0 Å². The van der Waals surface area contributed by atoms with E-state index in [2.05, 4.69) is 165 Å². The van der Waals surface area contributed by atoms with Gasteiger partial charge in [-0.1, -0.05) is 6.08 Å². The Hall–Kier alpha value is -3.91. The number of nitrogens with zero attached hydrogens (tertiary/aromatic N) is 2. The van der Waals surface area contributed by atoms with E-state index in [1.54, 1.807) is 29.3 Å². The third-order valence-corrected chi connectivity index (χ3v) is 19.5. The summed E-state index contributed by atoms with van der Waals surface area (Å²) in [6.07, 6.45) is 11.2. The second-order valence-electron chi connectivity index (χ2n) is 13.2. The van der Waals surface area contributed by atoms with Crippen molar-refractivity contribution >= 4 is 92.1 Å². The summed E-state index contributed by atoms with van der Waals surface area (Å²) in [7, 11) is -2.43. The molecule has 9 heteroatoms. The normalized spacial score (nSPS) is 15.3. The second kappa shape index (κ2) is 16.7. The van der Waals surface area contributed by atoms with E-state index < -0.39 is 7.26 Å². The van der Waals surface area contributed by atoms with Crippen LogP contribution in [0.25, 0.3) is 31.7 Å². The van der Waals surface area contributed by atoms with E-state index in [0.717, 1.165) is 28.1 Å². The quantitative estimate of drug-likeness (QED) is 0.0993. The predicted octanol–water partition coefficient (Wildman–Crippen LogP) is 12.9. The monoisotopic (exact) mass is 984 g/mol. The van der Waals surface area contributed by atoms with Crippen molar-refractivity contribution in [3.63, 3.8) is 0 Å². The van der Waals surface area contributed by atoms with E-state index in [1.807, 2.05) is 22.7 Å². The minimum absolute atomic E-state index is 0.545. The average Bonchev–Trinajstić information content (AvgIpc) is 4.06. The maximum atomic E-state index is 5.91. The Bertz CT molecular complexity index is 2570. The number of ether oxygens (including phenoxy) is 1.